The molecule has 2 aromatic heterocycles. The molecule has 0 spiro atoms. The molecule has 3 aromatic rings. The molecule has 0 aliphatic heterocycles. The minimum atomic E-state index is -0.301. The quantitative estimate of drug-likeness (QED) is 0.660. The number of methoxy groups -OCH3 is 1. The van der Waals surface area contributed by atoms with Crippen molar-refractivity contribution in [2.45, 2.75) is 6.54 Å². The van der Waals surface area contributed by atoms with Crippen molar-refractivity contribution in [3.8, 4) is 5.75 Å². The second-order valence-corrected chi connectivity index (χ2v) is 4.74. The number of aromatic nitrogens is 4. The first kappa shape index (κ1) is 14.1. The summed E-state index contributed by atoms with van der Waals surface area (Å²) >= 11 is 0. The summed E-state index contributed by atoms with van der Waals surface area (Å²) < 4.78 is 6.60. The lowest BCUT2D eigenvalue weighted by atomic mass is 10.2. The number of anilines is 1. The van der Waals surface area contributed by atoms with Crippen LogP contribution in [0.4, 0.5) is 5.82 Å². The lowest BCUT2D eigenvalue weighted by molar-refractivity contribution is 0.102. The molecule has 0 aliphatic carbocycles. The largest absolute Gasteiger partial charge is 0.508 e. The molecule has 3 N–H and O–H groups in total. The van der Waals surface area contributed by atoms with Crippen LogP contribution in [-0.2, 0) is 11.3 Å². The van der Waals surface area contributed by atoms with Gasteiger partial charge in [-0.05, 0) is 12.1 Å². The number of benzene rings is 1. The van der Waals surface area contributed by atoms with E-state index in [9.17, 15) is 9.90 Å². The van der Waals surface area contributed by atoms with Crippen molar-refractivity contribution in [1.82, 2.24) is 20.0 Å². The first-order chi connectivity index (χ1) is 10.7. The maximum Gasteiger partial charge on any atom is 0.260 e. The minimum absolute atomic E-state index is 0.133. The van der Waals surface area contributed by atoms with Gasteiger partial charge in [-0.2, -0.15) is 10.2 Å². The zero-order valence-corrected chi connectivity index (χ0v) is 11.9. The van der Waals surface area contributed by atoms with Gasteiger partial charge in [-0.1, -0.05) is 0 Å². The van der Waals surface area contributed by atoms with Gasteiger partial charge in [0.05, 0.1) is 30.4 Å². The molecule has 8 nitrogen and oxygen atoms in total. The number of ether oxygens (including phenoxy) is 1. The number of nitrogens with one attached hydrogen (secondary N) is 2. The highest BCUT2D eigenvalue weighted by Gasteiger charge is 2.13. The fraction of sp³-hybridized carbons (Fsp3) is 0.214. The number of carbonyl (C=O) groups is 1. The van der Waals surface area contributed by atoms with Gasteiger partial charge in [0.2, 0.25) is 0 Å². The normalized spacial score (nSPS) is 11.0. The van der Waals surface area contributed by atoms with E-state index in [1.54, 1.807) is 30.1 Å². The number of fused-ring (bicyclic) bond motifs is 1. The molecule has 1 amide bonds. The van der Waals surface area contributed by atoms with E-state index < -0.39 is 0 Å². The second-order valence-electron chi connectivity index (χ2n) is 4.74. The van der Waals surface area contributed by atoms with Gasteiger partial charge in [-0.3, -0.25) is 14.6 Å². The van der Waals surface area contributed by atoms with Crippen LogP contribution in [0.3, 0.4) is 0 Å². The summed E-state index contributed by atoms with van der Waals surface area (Å²) in [6.45, 7) is 1.10. The average molecular weight is 301 g/mol. The van der Waals surface area contributed by atoms with Gasteiger partial charge in [0.1, 0.15) is 5.75 Å². The van der Waals surface area contributed by atoms with Gasteiger partial charge in [0.25, 0.3) is 5.91 Å². The predicted molar refractivity (Wildman–Crippen MR) is 79.8 cm³/mol. The van der Waals surface area contributed by atoms with Gasteiger partial charge < -0.3 is 15.2 Å². The number of H-pyrrole nitrogens is 1. The molecular weight excluding hydrogens is 286 g/mol. The number of hydrogen-bond acceptors (Lipinski definition) is 5. The maximum atomic E-state index is 12.2. The van der Waals surface area contributed by atoms with Crippen LogP contribution in [0.1, 0.15) is 10.4 Å². The molecule has 0 saturated heterocycles. The Morgan fingerprint density at radius 3 is 3.18 bits per heavy atom. The molecule has 3 rings (SSSR count). The number of aromatic amines is 1. The van der Waals surface area contributed by atoms with E-state index in [0.29, 0.717) is 30.0 Å². The van der Waals surface area contributed by atoms with Gasteiger partial charge in [-0.15, -0.1) is 0 Å². The molecular formula is C14H15N5O3. The highest BCUT2D eigenvalue weighted by Crippen LogP contribution is 2.24. The molecule has 114 valence electrons. The molecule has 1 aromatic carbocycles. The number of nitrogens with zero attached hydrogens (tertiary/aromatic N) is 3. The minimum Gasteiger partial charge on any atom is -0.508 e. The number of phenolic OH excluding ortho intramolecular Hbond substituents is 1. The van der Waals surface area contributed by atoms with Crippen molar-refractivity contribution < 1.29 is 14.6 Å². The number of carbonyl (C=O) groups excluding carboxylic acids is 1. The van der Waals surface area contributed by atoms with Crippen LogP contribution in [0.15, 0.2) is 30.6 Å². The smallest absolute Gasteiger partial charge is 0.260 e. The van der Waals surface area contributed by atoms with E-state index in [2.05, 4.69) is 20.6 Å². The number of aromatic hydroxyl groups is 1. The van der Waals surface area contributed by atoms with Crippen LogP contribution in [0.5, 0.6) is 5.75 Å². The fourth-order valence-electron chi connectivity index (χ4n) is 2.07. The Labute approximate surface area is 125 Å². The Balaban J connectivity index is 1.76. The highest BCUT2D eigenvalue weighted by atomic mass is 16.5. The first-order valence-electron chi connectivity index (χ1n) is 6.67. The summed E-state index contributed by atoms with van der Waals surface area (Å²) in [5.41, 5.74) is 1.08. The summed E-state index contributed by atoms with van der Waals surface area (Å²) in [5.74, 6) is 0.239. The molecule has 0 unspecified atom stereocenters. The molecule has 8 heteroatoms. The number of phenols is 1. The Bertz CT molecular complexity index is 808. The monoisotopic (exact) mass is 301 g/mol. The number of rotatable bonds is 5. The number of amides is 1. The van der Waals surface area contributed by atoms with Gasteiger partial charge in [0, 0.05) is 24.8 Å². The van der Waals surface area contributed by atoms with Gasteiger partial charge >= 0.3 is 0 Å². The van der Waals surface area contributed by atoms with Crippen molar-refractivity contribution in [2.75, 3.05) is 19.0 Å². The van der Waals surface area contributed by atoms with Gasteiger partial charge in [-0.25, -0.2) is 0 Å². The second kappa shape index (κ2) is 5.86. The first-order valence-corrected chi connectivity index (χ1v) is 6.67. The van der Waals surface area contributed by atoms with Crippen LogP contribution >= 0.6 is 0 Å². The fourth-order valence-corrected chi connectivity index (χ4v) is 2.07. The molecule has 2 heterocycles. The molecule has 22 heavy (non-hydrogen) atoms. The van der Waals surface area contributed by atoms with E-state index >= 15 is 0 Å². The molecule has 0 radical (unpaired) electrons. The average Bonchev–Trinajstić information content (AvgIpc) is 3.12. The summed E-state index contributed by atoms with van der Waals surface area (Å²) in [6, 6.07) is 4.77. The van der Waals surface area contributed by atoms with Gasteiger partial charge in [0.15, 0.2) is 5.82 Å². The third-order valence-electron chi connectivity index (χ3n) is 3.20. The van der Waals surface area contributed by atoms with E-state index in [4.69, 9.17) is 4.74 Å². The third-order valence-corrected chi connectivity index (χ3v) is 3.20. The zero-order chi connectivity index (χ0) is 15.5. The molecule has 0 bridgehead atoms. The SMILES string of the molecule is COCCn1cc(C(=O)Nc2n[nH]c3cc(O)ccc23)cn1. The summed E-state index contributed by atoms with van der Waals surface area (Å²) in [4.78, 5) is 12.2. The summed E-state index contributed by atoms with van der Waals surface area (Å²) in [5, 5.41) is 23.8. The van der Waals surface area contributed by atoms with E-state index in [0.717, 1.165) is 5.39 Å². The maximum absolute atomic E-state index is 12.2. The summed E-state index contributed by atoms with van der Waals surface area (Å²) in [7, 11) is 1.61. The Morgan fingerprint density at radius 2 is 2.36 bits per heavy atom. The Morgan fingerprint density at radius 1 is 1.50 bits per heavy atom. The zero-order valence-electron chi connectivity index (χ0n) is 11.9. The van der Waals surface area contributed by atoms with E-state index in [1.165, 1.54) is 12.3 Å². The van der Waals surface area contributed by atoms with Crippen LogP contribution in [-0.4, -0.2) is 44.7 Å². The van der Waals surface area contributed by atoms with Crippen molar-refractivity contribution in [1.29, 1.82) is 0 Å². The van der Waals surface area contributed by atoms with Crippen LogP contribution in [0.25, 0.3) is 10.9 Å². The molecule has 0 fully saturated rings. The van der Waals surface area contributed by atoms with Crippen molar-refractivity contribution >= 4 is 22.6 Å². The Kier molecular flexibility index (Phi) is 3.75. The lowest BCUT2D eigenvalue weighted by Crippen LogP contribution is -2.12. The topological polar surface area (TPSA) is 105 Å². The number of hydrogen-bond donors (Lipinski definition) is 3. The molecule has 0 saturated carbocycles. The highest BCUT2D eigenvalue weighted by molar-refractivity contribution is 6.07. The van der Waals surface area contributed by atoms with Crippen LogP contribution in [0.2, 0.25) is 0 Å². The predicted octanol–water partition coefficient (Wildman–Crippen LogP) is 1.36. The van der Waals surface area contributed by atoms with Crippen molar-refractivity contribution in [3.63, 3.8) is 0 Å². The van der Waals surface area contributed by atoms with Crippen molar-refractivity contribution in [2.24, 2.45) is 0 Å². The van der Waals surface area contributed by atoms with Crippen LogP contribution < -0.4 is 5.32 Å². The standard InChI is InChI=1S/C14H15N5O3/c1-22-5-4-19-8-9(7-15-19)14(21)16-13-11-3-2-10(20)6-12(11)17-18-13/h2-3,6-8,20H,4-5H2,1H3,(H2,16,17,18,21). The lowest BCUT2D eigenvalue weighted by Gasteiger charge is -2.00. The van der Waals surface area contributed by atoms with E-state index in [1.807, 2.05) is 0 Å². The Hall–Kier alpha value is -2.87. The van der Waals surface area contributed by atoms with Crippen LogP contribution in [0, 0.1) is 0 Å². The molecule has 0 atom stereocenters. The third kappa shape index (κ3) is 2.77. The van der Waals surface area contributed by atoms with E-state index in [-0.39, 0.29) is 11.7 Å². The van der Waals surface area contributed by atoms with Crippen molar-refractivity contribution in [3.05, 3.63) is 36.2 Å². The summed E-state index contributed by atoms with van der Waals surface area (Å²) in [6.07, 6.45) is 3.14. The molecule has 0 aliphatic rings.